The molecule has 2 aromatic rings. The van der Waals surface area contributed by atoms with E-state index in [1.54, 1.807) is 11.3 Å². The first kappa shape index (κ1) is 22.2. The van der Waals surface area contributed by atoms with Crippen molar-refractivity contribution in [3.05, 3.63) is 40.6 Å². The number of imidazole rings is 1. The number of aromatic nitrogens is 2. The van der Waals surface area contributed by atoms with Gasteiger partial charge in [-0.05, 0) is 29.3 Å². The lowest BCUT2D eigenvalue weighted by molar-refractivity contribution is -0.272. The summed E-state index contributed by atoms with van der Waals surface area (Å²) in [6, 6.07) is 2.03. The lowest BCUT2D eigenvalue weighted by Crippen LogP contribution is -2.48. The van der Waals surface area contributed by atoms with Crippen LogP contribution >= 0.6 is 11.3 Å². The Morgan fingerprint density at radius 2 is 2.14 bits per heavy atom. The van der Waals surface area contributed by atoms with E-state index < -0.39 is 24.0 Å². The quantitative estimate of drug-likeness (QED) is 0.456. The van der Waals surface area contributed by atoms with Crippen LogP contribution in [-0.4, -0.2) is 46.4 Å². The highest BCUT2D eigenvalue weighted by atomic mass is 32.1. The number of aryl methyl sites for hydroxylation is 1. The molecule has 0 aliphatic heterocycles. The van der Waals surface area contributed by atoms with E-state index in [1.165, 1.54) is 29.6 Å². The van der Waals surface area contributed by atoms with Crippen LogP contribution in [0.5, 0.6) is 0 Å². The molecule has 2 atom stereocenters. The highest BCUT2D eigenvalue weighted by molar-refractivity contribution is 7.07. The van der Waals surface area contributed by atoms with Crippen LogP contribution in [0.4, 0.5) is 13.2 Å². The zero-order valence-corrected chi connectivity index (χ0v) is 16.9. The van der Waals surface area contributed by atoms with Crippen molar-refractivity contribution in [3.63, 3.8) is 0 Å². The average Bonchev–Trinajstić information content (AvgIpc) is 3.30. The van der Waals surface area contributed by atoms with Crippen molar-refractivity contribution in [3.8, 4) is 0 Å². The molecule has 156 valence electrons. The van der Waals surface area contributed by atoms with Crippen LogP contribution in [0.25, 0.3) is 0 Å². The monoisotopic (exact) mass is 417 g/mol. The summed E-state index contributed by atoms with van der Waals surface area (Å²) in [5, 5.41) is 20.3. The summed E-state index contributed by atoms with van der Waals surface area (Å²) < 4.78 is 41.8. The second-order valence-electron chi connectivity index (χ2n) is 6.57. The third-order valence-corrected chi connectivity index (χ3v) is 5.12. The molecule has 0 bridgehead atoms. The topological polar surface area (TPSA) is 74.5 Å². The van der Waals surface area contributed by atoms with Crippen molar-refractivity contribution in [2.24, 2.45) is 12.0 Å². The van der Waals surface area contributed by atoms with Gasteiger partial charge in [0.1, 0.15) is 5.82 Å². The molecule has 2 unspecified atom stereocenters. The normalized spacial score (nSPS) is 15.9. The number of thiophene rings is 1. The minimum Gasteiger partial charge on any atom is -0.374 e. The second kappa shape index (κ2) is 9.42. The van der Waals surface area contributed by atoms with Crippen LogP contribution in [0.1, 0.15) is 37.6 Å². The largest absolute Gasteiger partial charge is 0.424 e. The van der Waals surface area contributed by atoms with Gasteiger partial charge in [0.2, 0.25) is 5.60 Å². The predicted molar refractivity (Wildman–Crippen MR) is 104 cm³/mol. The molecule has 0 aliphatic rings. The number of nitrogens with one attached hydrogen (secondary N) is 2. The number of rotatable bonds is 8. The molecule has 2 aromatic heterocycles. The highest BCUT2D eigenvalue weighted by Crippen LogP contribution is 2.40. The van der Waals surface area contributed by atoms with Crippen LogP contribution in [0.3, 0.4) is 0 Å². The maximum Gasteiger partial charge on any atom is 0.424 e. The fourth-order valence-electron chi connectivity index (χ4n) is 2.74. The molecule has 0 fully saturated rings. The molecule has 2 rings (SSSR count). The van der Waals surface area contributed by atoms with Gasteiger partial charge < -0.3 is 20.3 Å². The SMILES string of the molecule is CCNC(=NCC(C)c1ccsc1)NCCC(O)(c1nccn1C)C(F)(F)F. The van der Waals surface area contributed by atoms with Crippen LogP contribution in [0, 0.1) is 0 Å². The molecule has 0 aromatic carbocycles. The van der Waals surface area contributed by atoms with Crippen LogP contribution in [-0.2, 0) is 12.6 Å². The number of halogens is 3. The van der Waals surface area contributed by atoms with E-state index in [2.05, 4.69) is 26.0 Å². The van der Waals surface area contributed by atoms with E-state index >= 15 is 0 Å². The number of aliphatic imine (C=N–C) groups is 1. The number of aliphatic hydroxyl groups is 1. The standard InChI is InChI=1S/C18H26F3N5OS/c1-4-22-16(25-11-13(2)14-5-10-28-12-14)24-7-6-17(27,18(19,20)21)15-23-8-9-26(15)3/h5,8-10,12-13,27H,4,6-7,11H2,1-3H3,(H2,22,24,25). The number of guanidine groups is 1. The van der Waals surface area contributed by atoms with Crippen LogP contribution < -0.4 is 10.6 Å². The first-order valence-corrected chi connectivity index (χ1v) is 9.94. The van der Waals surface area contributed by atoms with E-state index in [0.29, 0.717) is 19.0 Å². The second-order valence-corrected chi connectivity index (χ2v) is 7.35. The molecular formula is C18H26F3N5OS. The van der Waals surface area contributed by atoms with Crippen molar-refractivity contribution in [1.82, 2.24) is 20.2 Å². The molecule has 0 aliphatic carbocycles. The van der Waals surface area contributed by atoms with E-state index in [0.717, 1.165) is 0 Å². The van der Waals surface area contributed by atoms with Gasteiger partial charge in [0.15, 0.2) is 5.96 Å². The van der Waals surface area contributed by atoms with E-state index in [4.69, 9.17) is 0 Å². The third kappa shape index (κ3) is 5.26. The summed E-state index contributed by atoms with van der Waals surface area (Å²) >= 11 is 1.61. The van der Waals surface area contributed by atoms with Gasteiger partial charge in [0, 0.05) is 51.4 Å². The zero-order chi connectivity index (χ0) is 20.8. The molecule has 0 radical (unpaired) electrons. The number of hydrogen-bond acceptors (Lipinski definition) is 4. The average molecular weight is 418 g/mol. The van der Waals surface area contributed by atoms with Gasteiger partial charge in [-0.25, -0.2) is 4.98 Å². The fourth-order valence-corrected chi connectivity index (χ4v) is 3.52. The lowest BCUT2D eigenvalue weighted by Gasteiger charge is -2.30. The molecule has 2 heterocycles. The minimum atomic E-state index is -4.85. The number of nitrogens with zero attached hydrogens (tertiary/aromatic N) is 3. The Morgan fingerprint density at radius 1 is 1.39 bits per heavy atom. The van der Waals surface area contributed by atoms with Gasteiger partial charge in [0.05, 0.1) is 0 Å². The van der Waals surface area contributed by atoms with Gasteiger partial charge in [0.25, 0.3) is 0 Å². The Labute approximate surface area is 166 Å². The Balaban J connectivity index is 2.03. The van der Waals surface area contributed by atoms with Crippen LogP contribution in [0.2, 0.25) is 0 Å². The molecule has 6 nitrogen and oxygen atoms in total. The van der Waals surface area contributed by atoms with Gasteiger partial charge in [-0.1, -0.05) is 6.92 Å². The maximum absolute atomic E-state index is 13.6. The summed E-state index contributed by atoms with van der Waals surface area (Å²) in [7, 11) is 1.42. The Bertz CT molecular complexity index is 760. The van der Waals surface area contributed by atoms with E-state index in [1.807, 2.05) is 25.3 Å². The Kier molecular flexibility index (Phi) is 7.48. The van der Waals surface area contributed by atoms with Crippen molar-refractivity contribution in [2.45, 2.75) is 38.0 Å². The maximum atomic E-state index is 13.6. The Hall–Kier alpha value is -2.07. The van der Waals surface area contributed by atoms with Gasteiger partial charge in [-0.15, -0.1) is 0 Å². The minimum absolute atomic E-state index is 0.123. The van der Waals surface area contributed by atoms with Crippen molar-refractivity contribution in [1.29, 1.82) is 0 Å². The van der Waals surface area contributed by atoms with Crippen molar-refractivity contribution < 1.29 is 18.3 Å². The summed E-state index contributed by atoms with van der Waals surface area (Å²) in [5.41, 5.74) is -1.87. The first-order valence-electron chi connectivity index (χ1n) is 9.00. The molecule has 3 N–H and O–H groups in total. The molecule has 0 spiro atoms. The number of hydrogen-bond donors (Lipinski definition) is 3. The molecular weight excluding hydrogens is 391 g/mol. The molecule has 28 heavy (non-hydrogen) atoms. The van der Waals surface area contributed by atoms with E-state index in [-0.39, 0.29) is 12.5 Å². The molecule has 0 saturated carbocycles. The van der Waals surface area contributed by atoms with Crippen molar-refractivity contribution in [2.75, 3.05) is 19.6 Å². The summed E-state index contributed by atoms with van der Waals surface area (Å²) in [6.07, 6.45) is -2.84. The predicted octanol–water partition coefficient (Wildman–Crippen LogP) is 2.98. The Morgan fingerprint density at radius 3 is 2.68 bits per heavy atom. The van der Waals surface area contributed by atoms with Gasteiger partial charge >= 0.3 is 6.18 Å². The summed E-state index contributed by atoms with van der Waals surface area (Å²) in [6.45, 7) is 4.86. The molecule has 0 saturated heterocycles. The summed E-state index contributed by atoms with van der Waals surface area (Å²) in [4.78, 5) is 8.14. The smallest absolute Gasteiger partial charge is 0.374 e. The van der Waals surface area contributed by atoms with Gasteiger partial charge in [-0.3, -0.25) is 4.99 Å². The highest BCUT2D eigenvalue weighted by Gasteiger charge is 2.57. The van der Waals surface area contributed by atoms with E-state index in [9.17, 15) is 18.3 Å². The molecule has 0 amide bonds. The molecule has 10 heteroatoms. The fraction of sp³-hybridized carbons (Fsp3) is 0.556. The van der Waals surface area contributed by atoms with Crippen LogP contribution in [0.15, 0.2) is 34.2 Å². The summed E-state index contributed by atoms with van der Waals surface area (Å²) in [5.74, 6) is 0.171. The zero-order valence-electron chi connectivity index (χ0n) is 16.1. The first-order chi connectivity index (χ1) is 13.2. The van der Waals surface area contributed by atoms with Crippen molar-refractivity contribution >= 4 is 17.3 Å². The third-order valence-electron chi connectivity index (χ3n) is 4.42. The lowest BCUT2D eigenvalue weighted by atomic mass is 9.97. The van der Waals surface area contributed by atoms with Gasteiger partial charge in [-0.2, -0.15) is 24.5 Å². The number of alkyl halides is 3.